The number of hydrogen-bond acceptors (Lipinski definition) is 2. The lowest BCUT2D eigenvalue weighted by Gasteiger charge is -2.29. The highest BCUT2D eigenvalue weighted by molar-refractivity contribution is 6.35. The summed E-state index contributed by atoms with van der Waals surface area (Å²) in [5.41, 5.74) is 0. The number of Topliss-reactive ketones (excluding diaryl/α,β-unsaturated/α-hetero) is 1. The third-order valence-electron chi connectivity index (χ3n) is 2.63. The van der Waals surface area contributed by atoms with Crippen molar-refractivity contribution in [2.75, 3.05) is 13.1 Å². The summed E-state index contributed by atoms with van der Waals surface area (Å²) < 4.78 is 0. The standard InChI is InChI=1S/C10H17NO2.H2/c1-3-9(12)10(13)11-6-4-8(2)5-7-11;/h8H,3-7H2,1-2H3;1H. The van der Waals surface area contributed by atoms with Crippen molar-refractivity contribution in [2.45, 2.75) is 33.1 Å². The van der Waals surface area contributed by atoms with E-state index in [-0.39, 0.29) is 13.1 Å². The Morgan fingerprint density at radius 1 is 1.38 bits per heavy atom. The third kappa shape index (κ3) is 2.54. The zero-order chi connectivity index (χ0) is 9.84. The fraction of sp³-hybridized carbons (Fsp3) is 0.800. The lowest BCUT2D eigenvalue weighted by atomic mass is 9.99. The summed E-state index contributed by atoms with van der Waals surface area (Å²) in [6.07, 6.45) is 2.39. The fourth-order valence-corrected chi connectivity index (χ4v) is 1.54. The molecule has 1 aliphatic rings. The van der Waals surface area contributed by atoms with Crippen molar-refractivity contribution in [1.82, 2.24) is 4.90 Å². The molecule has 0 aromatic rings. The van der Waals surface area contributed by atoms with Gasteiger partial charge in [0.05, 0.1) is 0 Å². The molecule has 0 atom stereocenters. The van der Waals surface area contributed by atoms with Gasteiger partial charge in [-0.2, -0.15) is 0 Å². The first kappa shape index (κ1) is 10.2. The zero-order valence-electron chi connectivity index (χ0n) is 8.38. The smallest absolute Gasteiger partial charge is 0.289 e. The van der Waals surface area contributed by atoms with Crippen LogP contribution in [-0.2, 0) is 9.59 Å². The van der Waals surface area contributed by atoms with Crippen LogP contribution in [0.15, 0.2) is 0 Å². The summed E-state index contributed by atoms with van der Waals surface area (Å²) in [7, 11) is 0. The summed E-state index contributed by atoms with van der Waals surface area (Å²) in [6.45, 7) is 5.42. The van der Waals surface area contributed by atoms with Gasteiger partial charge in [-0.15, -0.1) is 0 Å². The van der Waals surface area contributed by atoms with E-state index in [0.29, 0.717) is 12.3 Å². The van der Waals surface area contributed by atoms with Crippen LogP contribution in [-0.4, -0.2) is 29.7 Å². The summed E-state index contributed by atoms with van der Waals surface area (Å²) in [6, 6.07) is 0. The summed E-state index contributed by atoms with van der Waals surface area (Å²) in [5.74, 6) is 0.157. The molecule has 0 aromatic carbocycles. The molecule has 0 radical (unpaired) electrons. The molecular formula is C10H19NO2. The largest absolute Gasteiger partial charge is 0.336 e. The summed E-state index contributed by atoms with van der Waals surface area (Å²) in [4.78, 5) is 24.2. The van der Waals surface area contributed by atoms with Crippen molar-refractivity contribution in [3.8, 4) is 0 Å². The van der Waals surface area contributed by atoms with Crippen LogP contribution in [0.1, 0.15) is 34.5 Å². The molecule has 13 heavy (non-hydrogen) atoms. The number of ketones is 1. The highest BCUT2D eigenvalue weighted by Crippen LogP contribution is 2.16. The first-order valence-electron chi connectivity index (χ1n) is 4.97. The van der Waals surface area contributed by atoms with Gasteiger partial charge in [-0.05, 0) is 18.8 Å². The second-order valence-corrected chi connectivity index (χ2v) is 3.75. The van der Waals surface area contributed by atoms with Crippen LogP contribution in [0.4, 0.5) is 0 Å². The van der Waals surface area contributed by atoms with E-state index in [4.69, 9.17) is 0 Å². The lowest BCUT2D eigenvalue weighted by Crippen LogP contribution is -2.41. The van der Waals surface area contributed by atoms with Gasteiger partial charge in [0.25, 0.3) is 5.91 Å². The van der Waals surface area contributed by atoms with Crippen molar-refractivity contribution in [2.24, 2.45) is 5.92 Å². The highest BCUT2D eigenvalue weighted by atomic mass is 16.2. The van der Waals surface area contributed by atoms with Gasteiger partial charge >= 0.3 is 0 Å². The highest BCUT2D eigenvalue weighted by Gasteiger charge is 2.23. The number of rotatable bonds is 2. The van der Waals surface area contributed by atoms with E-state index < -0.39 is 0 Å². The van der Waals surface area contributed by atoms with E-state index in [1.165, 1.54) is 0 Å². The average Bonchev–Trinajstić information content (AvgIpc) is 2.17. The lowest BCUT2D eigenvalue weighted by molar-refractivity contribution is -0.145. The number of nitrogens with zero attached hydrogens (tertiary/aromatic N) is 1. The number of amides is 1. The normalized spacial score (nSPS) is 18.8. The molecule has 76 valence electrons. The SMILES string of the molecule is CCC(=O)C(=O)N1CCC(C)CC1.[HH]. The number of carbonyl (C=O) groups excluding carboxylic acids is 2. The molecule has 0 spiro atoms. The van der Waals surface area contributed by atoms with Crippen LogP contribution >= 0.6 is 0 Å². The third-order valence-corrected chi connectivity index (χ3v) is 2.63. The predicted molar refractivity (Wildman–Crippen MR) is 52.4 cm³/mol. The van der Waals surface area contributed by atoms with E-state index in [9.17, 15) is 9.59 Å². The zero-order valence-corrected chi connectivity index (χ0v) is 8.38. The molecule has 1 fully saturated rings. The first-order valence-corrected chi connectivity index (χ1v) is 4.97. The molecular weight excluding hydrogens is 166 g/mol. The molecule has 0 saturated carbocycles. The van der Waals surface area contributed by atoms with E-state index in [1.54, 1.807) is 11.8 Å². The molecule has 3 heteroatoms. The van der Waals surface area contributed by atoms with Crippen molar-refractivity contribution < 1.29 is 11.0 Å². The Morgan fingerprint density at radius 2 is 1.92 bits per heavy atom. The molecule has 1 heterocycles. The maximum absolute atomic E-state index is 11.4. The van der Waals surface area contributed by atoms with Gasteiger partial charge in [0.15, 0.2) is 0 Å². The second kappa shape index (κ2) is 4.40. The number of hydrogen-bond donors (Lipinski definition) is 0. The summed E-state index contributed by atoms with van der Waals surface area (Å²) >= 11 is 0. The Hall–Kier alpha value is -0.860. The molecule has 0 N–H and O–H groups in total. The number of piperidine rings is 1. The maximum Gasteiger partial charge on any atom is 0.289 e. The van der Waals surface area contributed by atoms with Crippen molar-refractivity contribution in [3.05, 3.63) is 0 Å². The van der Waals surface area contributed by atoms with E-state index in [0.717, 1.165) is 25.9 Å². The first-order chi connectivity index (χ1) is 6.15. The van der Waals surface area contributed by atoms with Crippen LogP contribution in [0.2, 0.25) is 0 Å². The quantitative estimate of drug-likeness (QED) is 0.611. The van der Waals surface area contributed by atoms with Gasteiger partial charge in [-0.3, -0.25) is 9.59 Å². The fourth-order valence-electron chi connectivity index (χ4n) is 1.54. The topological polar surface area (TPSA) is 37.4 Å². The van der Waals surface area contributed by atoms with Gasteiger partial charge in [0.1, 0.15) is 0 Å². The van der Waals surface area contributed by atoms with Gasteiger partial charge in [0.2, 0.25) is 5.78 Å². The predicted octanol–water partition coefficient (Wildman–Crippen LogP) is 1.47. The van der Waals surface area contributed by atoms with Gasteiger partial charge in [-0.1, -0.05) is 13.8 Å². The average molecular weight is 185 g/mol. The maximum atomic E-state index is 11.4. The van der Waals surface area contributed by atoms with E-state index in [2.05, 4.69) is 6.92 Å². The van der Waals surface area contributed by atoms with Crippen LogP contribution in [0, 0.1) is 5.92 Å². The van der Waals surface area contributed by atoms with Crippen molar-refractivity contribution in [1.29, 1.82) is 0 Å². The number of carbonyl (C=O) groups is 2. The minimum Gasteiger partial charge on any atom is -0.336 e. The molecule has 1 amide bonds. The molecule has 1 saturated heterocycles. The Labute approximate surface area is 80.6 Å². The second-order valence-electron chi connectivity index (χ2n) is 3.75. The minimum absolute atomic E-state index is 0. The van der Waals surface area contributed by atoms with Crippen LogP contribution in [0.5, 0.6) is 0 Å². The molecule has 0 aromatic heterocycles. The Morgan fingerprint density at radius 3 is 2.38 bits per heavy atom. The Bertz CT molecular complexity index is 210. The van der Waals surface area contributed by atoms with Gasteiger partial charge in [-0.25, -0.2) is 0 Å². The molecule has 0 unspecified atom stereocenters. The monoisotopic (exact) mass is 185 g/mol. The van der Waals surface area contributed by atoms with Gasteiger partial charge in [0, 0.05) is 20.9 Å². The molecule has 0 aliphatic carbocycles. The van der Waals surface area contributed by atoms with Gasteiger partial charge < -0.3 is 4.90 Å². The van der Waals surface area contributed by atoms with Crippen LogP contribution in [0.3, 0.4) is 0 Å². The van der Waals surface area contributed by atoms with Crippen LogP contribution in [0.25, 0.3) is 0 Å². The molecule has 3 nitrogen and oxygen atoms in total. The molecule has 1 aliphatic heterocycles. The Kier molecular flexibility index (Phi) is 3.46. The molecule has 1 rings (SSSR count). The number of likely N-dealkylation sites (tertiary alicyclic amines) is 1. The Balaban J connectivity index is 0.00000169. The molecule has 0 bridgehead atoms. The van der Waals surface area contributed by atoms with Crippen LogP contribution < -0.4 is 0 Å². The van der Waals surface area contributed by atoms with E-state index in [1.807, 2.05) is 0 Å². The summed E-state index contributed by atoms with van der Waals surface area (Å²) in [5, 5.41) is 0. The van der Waals surface area contributed by atoms with Crippen molar-refractivity contribution >= 4 is 11.7 Å². The van der Waals surface area contributed by atoms with E-state index >= 15 is 0 Å². The minimum atomic E-state index is -0.283. The van der Waals surface area contributed by atoms with Crippen molar-refractivity contribution in [3.63, 3.8) is 0 Å².